The number of hydrogen-bond donors (Lipinski definition) is 3. The minimum Gasteiger partial charge on any atom is -0.477 e. The maximum Gasteiger partial charge on any atom is 0.352 e. The van der Waals surface area contributed by atoms with Crippen molar-refractivity contribution in [2.24, 2.45) is 0 Å². The number of aryl methyl sites for hydroxylation is 1. The Morgan fingerprint density at radius 2 is 2.00 bits per heavy atom. The molecule has 0 saturated heterocycles. The molecule has 1 aromatic rings. The Morgan fingerprint density at radius 3 is 2.42 bits per heavy atom. The second-order valence-electron chi connectivity index (χ2n) is 4.31. The Labute approximate surface area is 112 Å². The summed E-state index contributed by atoms with van der Waals surface area (Å²) in [6, 6.07) is 0. The Kier molecular flexibility index (Phi) is 4.72. The molecule has 0 aromatic carbocycles. The van der Waals surface area contributed by atoms with Crippen LogP contribution in [-0.2, 0) is 10.0 Å². The van der Waals surface area contributed by atoms with Crippen LogP contribution in [0.15, 0.2) is 4.90 Å². The predicted octanol–water partition coefficient (Wildman–Crippen LogP) is 0.170. The molecule has 1 heterocycles. The zero-order valence-corrected chi connectivity index (χ0v) is 12.3. The van der Waals surface area contributed by atoms with Gasteiger partial charge in [0, 0.05) is 31.4 Å². The van der Waals surface area contributed by atoms with Crippen LogP contribution in [0.3, 0.4) is 0 Å². The molecule has 108 valence electrons. The van der Waals surface area contributed by atoms with Gasteiger partial charge in [-0.1, -0.05) is 0 Å². The van der Waals surface area contributed by atoms with Gasteiger partial charge in [-0.3, -0.25) is 0 Å². The van der Waals surface area contributed by atoms with E-state index in [1.54, 1.807) is 14.0 Å². The van der Waals surface area contributed by atoms with E-state index < -0.39 is 16.0 Å². The van der Waals surface area contributed by atoms with E-state index in [9.17, 15) is 13.2 Å². The van der Waals surface area contributed by atoms with Gasteiger partial charge in [0.25, 0.3) is 0 Å². The van der Waals surface area contributed by atoms with Gasteiger partial charge in [-0.15, -0.1) is 0 Å². The summed E-state index contributed by atoms with van der Waals surface area (Å²) in [5, 5.41) is 11.9. The first-order valence-electron chi connectivity index (χ1n) is 5.76. The van der Waals surface area contributed by atoms with E-state index in [2.05, 4.69) is 10.3 Å². The molecule has 0 amide bonds. The topological polar surface area (TPSA) is 103 Å². The maximum absolute atomic E-state index is 12.4. The highest BCUT2D eigenvalue weighted by molar-refractivity contribution is 7.89. The molecule has 1 aromatic heterocycles. The first-order valence-corrected chi connectivity index (χ1v) is 7.20. The zero-order chi connectivity index (χ0) is 14.8. The molecule has 1 rings (SSSR count). The fourth-order valence-corrected chi connectivity index (χ4v) is 3.45. The number of aromatic nitrogens is 1. The normalized spacial score (nSPS) is 12.1. The Bertz CT molecular complexity index is 577. The summed E-state index contributed by atoms with van der Waals surface area (Å²) in [4.78, 5) is 13.7. The highest BCUT2D eigenvalue weighted by Gasteiger charge is 2.29. The summed E-state index contributed by atoms with van der Waals surface area (Å²) in [6.07, 6.45) is 0. The number of nitrogens with one attached hydrogen (secondary N) is 2. The summed E-state index contributed by atoms with van der Waals surface area (Å²) in [6.45, 7) is 3.87. The summed E-state index contributed by atoms with van der Waals surface area (Å²) in [5.41, 5.74) is 0.491. The lowest BCUT2D eigenvalue weighted by atomic mass is 10.2. The summed E-state index contributed by atoms with van der Waals surface area (Å²) in [7, 11) is -0.483. The molecule has 0 fully saturated rings. The molecular formula is C11H19N3O4S. The second kappa shape index (κ2) is 5.72. The smallest absolute Gasteiger partial charge is 0.352 e. The maximum atomic E-state index is 12.4. The molecule has 8 heteroatoms. The lowest BCUT2D eigenvalue weighted by molar-refractivity contribution is 0.0690. The van der Waals surface area contributed by atoms with E-state index in [1.165, 1.54) is 18.3 Å². The minimum atomic E-state index is -3.69. The number of sulfonamides is 1. The number of H-pyrrole nitrogens is 1. The van der Waals surface area contributed by atoms with Crippen LogP contribution in [0.4, 0.5) is 0 Å². The largest absolute Gasteiger partial charge is 0.477 e. The Balaban J connectivity index is 3.26. The van der Waals surface area contributed by atoms with Crippen molar-refractivity contribution in [2.45, 2.75) is 18.7 Å². The van der Waals surface area contributed by atoms with Crippen LogP contribution in [0, 0.1) is 13.8 Å². The molecule has 0 aliphatic carbocycles. The molecule has 0 unspecified atom stereocenters. The van der Waals surface area contributed by atoms with Crippen LogP contribution < -0.4 is 5.32 Å². The van der Waals surface area contributed by atoms with Crippen molar-refractivity contribution in [3.8, 4) is 0 Å². The average molecular weight is 289 g/mol. The number of hydrogen-bond acceptors (Lipinski definition) is 4. The highest BCUT2D eigenvalue weighted by atomic mass is 32.2. The highest BCUT2D eigenvalue weighted by Crippen LogP contribution is 2.25. The number of carboxylic acid groups (broad SMARTS) is 1. The Morgan fingerprint density at radius 1 is 1.42 bits per heavy atom. The number of likely N-dealkylation sites (N-methyl/N-ethyl adjacent to an activating group) is 2. The van der Waals surface area contributed by atoms with Crippen molar-refractivity contribution in [1.29, 1.82) is 0 Å². The second-order valence-corrected chi connectivity index (χ2v) is 6.30. The van der Waals surface area contributed by atoms with Crippen molar-refractivity contribution in [1.82, 2.24) is 14.6 Å². The number of nitrogens with zero attached hydrogens (tertiary/aromatic N) is 1. The van der Waals surface area contributed by atoms with E-state index in [0.717, 1.165) is 0 Å². The zero-order valence-electron chi connectivity index (χ0n) is 11.4. The summed E-state index contributed by atoms with van der Waals surface area (Å²) >= 11 is 0. The molecule has 19 heavy (non-hydrogen) atoms. The van der Waals surface area contributed by atoms with Gasteiger partial charge in [0.05, 0.1) is 0 Å². The van der Waals surface area contributed by atoms with Gasteiger partial charge in [0.15, 0.2) is 0 Å². The van der Waals surface area contributed by atoms with Gasteiger partial charge < -0.3 is 15.4 Å². The summed E-state index contributed by atoms with van der Waals surface area (Å²) in [5.74, 6) is -1.17. The molecule has 0 spiro atoms. The first kappa shape index (κ1) is 15.7. The van der Waals surface area contributed by atoms with E-state index in [4.69, 9.17) is 5.11 Å². The van der Waals surface area contributed by atoms with Crippen molar-refractivity contribution < 1.29 is 18.3 Å². The standard InChI is InChI=1S/C11H19N3O4S/c1-7-9(11(15)16)13-8(2)10(7)19(17,18)14(4)6-5-12-3/h12-13H,5-6H2,1-4H3,(H,15,16). The molecule has 0 bridgehead atoms. The Hall–Kier alpha value is -1.38. The van der Waals surface area contributed by atoms with Gasteiger partial charge in [-0.2, -0.15) is 4.31 Å². The molecular weight excluding hydrogens is 270 g/mol. The lowest BCUT2D eigenvalue weighted by Crippen LogP contribution is -2.33. The van der Waals surface area contributed by atoms with Gasteiger partial charge >= 0.3 is 5.97 Å². The van der Waals surface area contributed by atoms with Crippen molar-refractivity contribution in [3.63, 3.8) is 0 Å². The quantitative estimate of drug-likeness (QED) is 0.693. The monoisotopic (exact) mass is 289 g/mol. The molecule has 3 N–H and O–H groups in total. The van der Waals surface area contributed by atoms with E-state index in [0.29, 0.717) is 18.8 Å². The predicted molar refractivity (Wildman–Crippen MR) is 71.0 cm³/mol. The van der Waals surface area contributed by atoms with Gasteiger partial charge in [0.1, 0.15) is 10.6 Å². The third-order valence-electron chi connectivity index (χ3n) is 2.93. The van der Waals surface area contributed by atoms with Crippen LogP contribution in [0.5, 0.6) is 0 Å². The SMILES string of the molecule is CNCCN(C)S(=O)(=O)c1c(C)[nH]c(C(=O)O)c1C. The van der Waals surface area contributed by atoms with Gasteiger partial charge in [-0.05, 0) is 20.9 Å². The van der Waals surface area contributed by atoms with Crippen LogP contribution >= 0.6 is 0 Å². The van der Waals surface area contributed by atoms with E-state index in [-0.39, 0.29) is 16.2 Å². The molecule has 0 saturated carbocycles. The molecule has 0 radical (unpaired) electrons. The first-order chi connectivity index (χ1) is 8.73. The number of aromatic carboxylic acids is 1. The molecule has 7 nitrogen and oxygen atoms in total. The average Bonchev–Trinajstić information content (AvgIpc) is 2.62. The third-order valence-corrected chi connectivity index (χ3v) is 5.06. The van der Waals surface area contributed by atoms with Crippen LogP contribution in [-0.4, -0.2) is 56.0 Å². The molecule has 0 aliphatic rings. The van der Waals surface area contributed by atoms with Gasteiger partial charge in [0.2, 0.25) is 10.0 Å². The van der Waals surface area contributed by atoms with Crippen LogP contribution in [0.25, 0.3) is 0 Å². The fourth-order valence-electron chi connectivity index (χ4n) is 1.88. The van der Waals surface area contributed by atoms with Crippen LogP contribution in [0.1, 0.15) is 21.7 Å². The minimum absolute atomic E-state index is 0.0449. The number of carbonyl (C=O) groups is 1. The van der Waals surface area contributed by atoms with Crippen LogP contribution in [0.2, 0.25) is 0 Å². The third kappa shape index (κ3) is 2.96. The van der Waals surface area contributed by atoms with Gasteiger partial charge in [-0.25, -0.2) is 13.2 Å². The fraction of sp³-hybridized carbons (Fsp3) is 0.545. The number of aromatic amines is 1. The van der Waals surface area contributed by atoms with E-state index >= 15 is 0 Å². The van der Waals surface area contributed by atoms with Crippen molar-refractivity contribution in [3.05, 3.63) is 17.0 Å². The van der Waals surface area contributed by atoms with Crippen molar-refractivity contribution >= 4 is 16.0 Å². The number of carboxylic acids is 1. The lowest BCUT2D eigenvalue weighted by Gasteiger charge is -2.17. The molecule has 0 aliphatic heterocycles. The molecule has 0 atom stereocenters. The van der Waals surface area contributed by atoms with Crippen molar-refractivity contribution in [2.75, 3.05) is 27.2 Å². The number of rotatable bonds is 6. The summed E-state index contributed by atoms with van der Waals surface area (Å²) < 4.78 is 26.0. The van der Waals surface area contributed by atoms with E-state index in [1.807, 2.05) is 0 Å².